The Labute approximate surface area is 818 Å². The van der Waals surface area contributed by atoms with Crippen molar-refractivity contribution >= 4 is 67.7 Å². The Bertz CT molecular complexity index is 4220. The van der Waals surface area contributed by atoms with Crippen molar-refractivity contribution in [1.82, 2.24) is 29.8 Å². The summed E-state index contributed by atoms with van der Waals surface area (Å²) < 4.78 is 73.1. The lowest BCUT2D eigenvalue weighted by Crippen LogP contribution is -2.33. The van der Waals surface area contributed by atoms with Crippen LogP contribution in [0.4, 0.5) is 24.0 Å². The average molecular weight is 1980 g/mol. The molecule has 750 valence electrons. The molecule has 5 aliphatic heterocycles. The zero-order chi connectivity index (χ0) is 98.2. The average Bonchev–Trinajstić information content (AvgIpc) is 1.67. The predicted molar refractivity (Wildman–Crippen MR) is 544 cm³/mol. The molecule has 7 aromatic carbocycles. The maximum atomic E-state index is 12.0. The fourth-order valence-electron chi connectivity index (χ4n) is 12.4. The van der Waals surface area contributed by atoms with Gasteiger partial charge >= 0.3 is 40.2 Å². The summed E-state index contributed by atoms with van der Waals surface area (Å²) in [5, 5.41) is 37.5. The number of nitrogens with one attached hydrogen (secondary N) is 1. The fourth-order valence-corrected chi connectivity index (χ4v) is 12.8. The second-order valence-corrected chi connectivity index (χ2v) is 31.5. The van der Waals surface area contributed by atoms with Crippen molar-refractivity contribution < 1.29 is 99.8 Å². The summed E-state index contributed by atoms with van der Waals surface area (Å²) in [6, 6.07) is 68.7. The van der Waals surface area contributed by atoms with Crippen molar-refractivity contribution in [1.29, 1.82) is 0 Å². The second kappa shape index (κ2) is 84.3. The third kappa shape index (κ3) is 66.8. The van der Waals surface area contributed by atoms with Crippen LogP contribution >= 0.6 is 27.5 Å². The molecule has 6 atom stereocenters. The highest BCUT2D eigenvalue weighted by atomic mass is 79.9. The van der Waals surface area contributed by atoms with E-state index in [0.717, 1.165) is 177 Å². The second-order valence-electron chi connectivity index (χ2n) is 29.5. The number of amides is 4. The summed E-state index contributed by atoms with van der Waals surface area (Å²) in [6.07, 6.45) is 23.7. The molecule has 0 spiro atoms. The number of benzene rings is 7. The van der Waals surface area contributed by atoms with Crippen LogP contribution in [0, 0.1) is 0 Å². The van der Waals surface area contributed by atoms with Crippen LogP contribution in [-0.4, -0.2) is 241 Å². The summed E-state index contributed by atoms with van der Waals surface area (Å²) >= 11 is 8.20. The number of carbonyl (C=O) groups excluding carboxylic acids is 5. The lowest BCUT2D eigenvalue weighted by molar-refractivity contribution is -0.0122. The van der Waals surface area contributed by atoms with Crippen molar-refractivity contribution in [2.75, 3.05) is 112 Å². The van der Waals surface area contributed by atoms with E-state index in [1.165, 1.54) is 11.1 Å². The predicted octanol–water partition coefficient (Wildman–Crippen LogP) is 19.6. The van der Waals surface area contributed by atoms with Gasteiger partial charge in [-0.15, -0.1) is 32.9 Å². The number of halogens is 2. The van der Waals surface area contributed by atoms with Crippen LogP contribution < -0.4 is 11.1 Å². The largest absolute Gasteiger partial charge is 0.449 e. The van der Waals surface area contributed by atoms with Gasteiger partial charge in [0.1, 0.15) is 33.0 Å². The van der Waals surface area contributed by atoms with Gasteiger partial charge in [0.2, 0.25) is 0 Å². The number of hydrogen-bond acceptors (Lipinski definition) is 22. The van der Waals surface area contributed by atoms with Gasteiger partial charge in [0.25, 0.3) is 0 Å². The first-order chi connectivity index (χ1) is 64.5. The molecule has 0 bridgehead atoms. The van der Waals surface area contributed by atoms with Gasteiger partial charge in [-0.3, -0.25) is 14.0 Å². The Morgan fingerprint density at radius 3 is 1.07 bits per heavy atom. The van der Waals surface area contributed by atoms with E-state index in [4.69, 9.17) is 78.2 Å². The molecule has 0 aromatic heterocycles. The molecule has 4 amide bonds. The minimum atomic E-state index is -4.67. The number of aliphatic hydroxyl groups excluding tert-OH is 4. The molecule has 4 saturated heterocycles. The molecule has 28 nitrogen and oxygen atoms in total. The smallest absolute Gasteiger partial charge is 0.410 e. The molecule has 135 heavy (non-hydrogen) atoms. The molecular formula is C104H153BrClN7O21S. The molecule has 0 aliphatic carbocycles. The summed E-state index contributed by atoms with van der Waals surface area (Å²) in [6.45, 7) is 30.9. The normalized spacial score (nSPS) is 16.1. The number of allylic oxidation sites excluding steroid dienone is 1. The van der Waals surface area contributed by atoms with Crippen molar-refractivity contribution in [2.45, 2.75) is 181 Å². The summed E-state index contributed by atoms with van der Waals surface area (Å²) in [4.78, 5) is 67.2. The number of nitrogens with two attached hydrogens (primary N) is 1. The molecule has 0 radical (unpaired) electrons. The molecule has 7 aromatic rings. The van der Waals surface area contributed by atoms with E-state index in [0.29, 0.717) is 77.6 Å². The van der Waals surface area contributed by atoms with Gasteiger partial charge in [0.05, 0.1) is 36.6 Å². The van der Waals surface area contributed by atoms with Gasteiger partial charge in [-0.05, 0) is 136 Å². The standard InChI is InChI=1S/C16H21NO2.C15H21NO4.C15H21N.C14H17NO3.C14H17NO2.C8H7ClO2.C7H15NO2.C7H9N.C4H7Br.2CH4O.2CH4.H2O4S/c1-3-5-12-17(13-6-4-2)16(18)19-14-15-10-8-7-9-11-15;1-19-14-8-10-16(9-7-13(14)17)15(18)20-11-12-5-3-2-4-6-12;1-3-5-12-16(13-6-4-2)14-15-10-8-7-9-11-15;16-14(17-10-11-4-2-1-3-5-11)15-8-6-12-13(18-12)7-9-15;16-14(15-10-6-1-2-7-11-15)17-12-13-8-4-3-5-9-13;9-8(10)11-6-7-4-2-1-3-5-7;1-10-7-3-5-8-4-2-6(7)9;8-6-7-4-2-1-3-5-7;1-2-3-4-5;2*1-2;;;1-5(2,3)4/h3-4,7-11H,1-2,5-6,12-14H2;2-6,13-14,17H,7-11H2,1H3;3-4,7-11H,1-2,5-6,12-14H2;1-5,12-13H,6-10H2;1-5,8-9H,6-7,10-12H2;1-5H,6H2;6-9H,2-5H2,1H3;1-5H,6,8H2;2H,1,3-4H2;2*2H,1H3;2*1H4;(H2,1,2,3,4)/t;13?,14-;;;;;6?,7-;;;;;;;/m.0....0......./s1. The van der Waals surface area contributed by atoms with Crippen LogP contribution in [0.25, 0.3) is 0 Å². The Morgan fingerprint density at radius 1 is 0.444 bits per heavy atom. The molecule has 4 fully saturated rings. The SMILES string of the molecule is C.C.C=CCCBr.C=CCCN(CCC=C)C(=O)OCc1ccccc1.C=CCCN(CCC=C)Cc1ccccc1.CO.CO.CO[C@H]1CCN(C(=O)OCc2ccccc2)CCC1O.CO[C@H]1CCNCCC1O.NCc1ccccc1.O=C(Cl)OCc1ccccc1.O=C(OCc1ccccc1)N1CCC2OC2CC1.O=C(OCc1ccccc1)N1CCC=CCC1.O=S(=O)(O)O. The first kappa shape index (κ1) is 127. The highest BCUT2D eigenvalue weighted by molar-refractivity contribution is 9.09. The summed E-state index contributed by atoms with van der Waals surface area (Å²) in [5.74, 6) is 0. The van der Waals surface area contributed by atoms with Gasteiger partial charge in [0.15, 0.2) is 0 Å². The van der Waals surface area contributed by atoms with Crippen LogP contribution in [-0.2, 0) is 94.4 Å². The minimum absolute atomic E-state index is 0. The molecule has 5 heterocycles. The Balaban J connectivity index is 0. The number of rotatable bonds is 29. The van der Waals surface area contributed by atoms with Gasteiger partial charge in [-0.1, -0.05) is 286 Å². The lowest BCUT2D eigenvalue weighted by Gasteiger charge is -2.21. The van der Waals surface area contributed by atoms with E-state index < -0.39 is 21.9 Å². The number of aliphatic hydroxyl groups is 4. The number of alkyl halides is 1. The van der Waals surface area contributed by atoms with Gasteiger partial charge in [-0.25, -0.2) is 24.0 Å². The van der Waals surface area contributed by atoms with Crippen LogP contribution in [0.15, 0.2) is 288 Å². The summed E-state index contributed by atoms with van der Waals surface area (Å²) in [5.41, 5.74) is 12.1. The number of fused-ring (bicyclic) bond motifs is 1. The first-order valence-electron chi connectivity index (χ1n) is 44.3. The van der Waals surface area contributed by atoms with E-state index >= 15 is 0 Å². The third-order valence-corrected chi connectivity index (χ3v) is 20.2. The van der Waals surface area contributed by atoms with Crippen LogP contribution in [0.2, 0.25) is 0 Å². The van der Waals surface area contributed by atoms with Crippen molar-refractivity contribution in [3.63, 3.8) is 0 Å². The quantitative estimate of drug-likeness (QED) is 0.00539. The number of ether oxygens (including phenoxy) is 8. The fraction of sp³-hybridized carbons (Fsp3) is 0.433. The molecule has 31 heteroatoms. The number of nitrogens with zero attached hydrogens (tertiary/aromatic N) is 5. The Hall–Kier alpha value is -10.2. The topological polar surface area (TPSA) is 372 Å². The van der Waals surface area contributed by atoms with E-state index in [9.17, 15) is 34.2 Å². The number of methoxy groups -OCH3 is 2. The third-order valence-electron chi connectivity index (χ3n) is 19.6. The highest BCUT2D eigenvalue weighted by Gasteiger charge is 2.41. The number of hydrogen-bond donors (Lipinski definition) is 8. The molecule has 4 unspecified atom stereocenters. The van der Waals surface area contributed by atoms with Crippen LogP contribution in [0.3, 0.4) is 0 Å². The molecular weight excluding hydrogens is 1830 g/mol. The van der Waals surface area contributed by atoms with Crippen LogP contribution in [0.1, 0.15) is 137 Å². The van der Waals surface area contributed by atoms with Crippen molar-refractivity contribution in [3.05, 3.63) is 327 Å². The van der Waals surface area contributed by atoms with E-state index in [2.05, 4.69) is 106 Å². The van der Waals surface area contributed by atoms with Crippen molar-refractivity contribution in [3.8, 4) is 0 Å². The molecule has 5 aliphatic rings. The summed E-state index contributed by atoms with van der Waals surface area (Å²) in [7, 11) is 0.566. The molecule has 12 rings (SSSR count). The highest BCUT2D eigenvalue weighted by Crippen LogP contribution is 2.31. The van der Waals surface area contributed by atoms with E-state index in [1.807, 2.05) is 200 Å². The van der Waals surface area contributed by atoms with Gasteiger partial charge in [-0.2, -0.15) is 8.42 Å². The molecule has 0 saturated carbocycles. The van der Waals surface area contributed by atoms with Crippen LogP contribution in [0.5, 0.6) is 0 Å². The molecule has 9 N–H and O–H groups in total. The first-order valence-corrected chi connectivity index (χ1v) is 47.2. The zero-order valence-electron chi connectivity index (χ0n) is 77.9. The maximum absolute atomic E-state index is 12.0. The maximum Gasteiger partial charge on any atom is 0.410 e. The van der Waals surface area contributed by atoms with E-state index in [-0.39, 0.29) is 70.8 Å². The minimum Gasteiger partial charge on any atom is -0.449 e. The van der Waals surface area contributed by atoms with E-state index in [1.54, 1.807) is 46.0 Å². The number of carbonyl (C=O) groups is 5. The Kier molecular flexibility index (Phi) is 79.2. The lowest BCUT2D eigenvalue weighted by atomic mass is 10.1. The monoisotopic (exact) mass is 1980 g/mol. The van der Waals surface area contributed by atoms with Gasteiger partial charge in [0, 0.05) is 124 Å². The van der Waals surface area contributed by atoms with Crippen molar-refractivity contribution in [2.24, 2.45) is 5.73 Å². The zero-order valence-corrected chi connectivity index (χ0v) is 81.0. The Morgan fingerprint density at radius 2 is 0.741 bits per heavy atom. The number of likely N-dealkylation sites (tertiary alicyclic amines) is 2. The number of epoxide rings is 1. The van der Waals surface area contributed by atoms with Gasteiger partial charge < -0.3 is 89.0 Å².